The Labute approximate surface area is 162 Å². The van der Waals surface area contributed by atoms with Crippen molar-refractivity contribution in [3.05, 3.63) is 17.3 Å². The van der Waals surface area contributed by atoms with Crippen LogP contribution in [-0.4, -0.2) is 45.4 Å². The van der Waals surface area contributed by atoms with Gasteiger partial charge in [-0.15, -0.1) is 0 Å². The second kappa shape index (κ2) is 7.04. The minimum atomic E-state index is -0.0962. The van der Waals surface area contributed by atoms with Crippen molar-refractivity contribution >= 4 is 34.6 Å². The van der Waals surface area contributed by atoms with Gasteiger partial charge in [-0.3, -0.25) is 14.7 Å². The molecule has 3 aliphatic rings. The van der Waals surface area contributed by atoms with Gasteiger partial charge in [0.15, 0.2) is 5.65 Å². The summed E-state index contributed by atoms with van der Waals surface area (Å²) in [7, 11) is 0. The highest BCUT2D eigenvalue weighted by Gasteiger charge is 2.41. The largest absolute Gasteiger partial charge is 0.375 e. The van der Waals surface area contributed by atoms with E-state index in [0.717, 1.165) is 43.3 Å². The molecule has 2 aliphatic heterocycles. The van der Waals surface area contributed by atoms with Crippen LogP contribution < -0.4 is 5.32 Å². The molecule has 1 aliphatic carbocycles. The van der Waals surface area contributed by atoms with E-state index in [2.05, 4.69) is 15.3 Å². The van der Waals surface area contributed by atoms with Crippen LogP contribution in [0.15, 0.2) is 12.1 Å². The van der Waals surface area contributed by atoms with Gasteiger partial charge in [-0.05, 0) is 44.2 Å². The normalized spacial score (nSPS) is 27.2. The highest BCUT2D eigenvalue weighted by Crippen LogP contribution is 2.37. The van der Waals surface area contributed by atoms with Gasteiger partial charge in [-0.1, -0.05) is 11.6 Å². The first kappa shape index (κ1) is 17.4. The Morgan fingerprint density at radius 2 is 2.19 bits per heavy atom. The van der Waals surface area contributed by atoms with Crippen LogP contribution in [0.25, 0.3) is 11.2 Å². The number of carbonyl (C=O) groups excluding carboxylic acids is 1. The van der Waals surface area contributed by atoms with E-state index in [9.17, 15) is 4.79 Å². The van der Waals surface area contributed by atoms with Crippen LogP contribution in [0.5, 0.6) is 0 Å². The lowest BCUT2D eigenvalue weighted by Crippen LogP contribution is -2.27. The highest BCUT2D eigenvalue weighted by molar-refractivity contribution is 6.29. The molecule has 7 nitrogen and oxygen atoms in total. The number of ether oxygens (including phenoxy) is 2. The molecule has 0 aromatic carbocycles. The van der Waals surface area contributed by atoms with Crippen LogP contribution in [0.2, 0.25) is 5.15 Å². The smallest absolute Gasteiger partial charge is 0.229 e. The Balaban J connectivity index is 1.24. The zero-order chi connectivity index (χ0) is 18.4. The number of hydrogen-bond donors (Lipinski definition) is 1. The number of nitrogens with one attached hydrogen (secondary N) is 1. The fourth-order valence-electron chi connectivity index (χ4n) is 4.29. The summed E-state index contributed by atoms with van der Waals surface area (Å²) in [4.78, 5) is 21.4. The van der Waals surface area contributed by atoms with Crippen molar-refractivity contribution in [3.63, 3.8) is 0 Å². The number of halogens is 1. The fourth-order valence-corrected chi connectivity index (χ4v) is 4.43. The molecule has 4 heterocycles. The number of rotatable bonds is 6. The maximum Gasteiger partial charge on any atom is 0.229 e. The van der Waals surface area contributed by atoms with Crippen LogP contribution in [0.1, 0.15) is 51.0 Å². The van der Waals surface area contributed by atoms with Crippen molar-refractivity contribution in [2.24, 2.45) is 0 Å². The van der Waals surface area contributed by atoms with Crippen molar-refractivity contribution < 1.29 is 14.3 Å². The first-order chi connectivity index (χ1) is 13.2. The lowest BCUT2D eigenvalue weighted by atomic mass is 9.93. The van der Waals surface area contributed by atoms with Crippen LogP contribution in [-0.2, 0) is 14.3 Å². The maximum absolute atomic E-state index is 12.4. The number of imidazole rings is 1. The van der Waals surface area contributed by atoms with E-state index in [1.165, 1.54) is 6.42 Å². The summed E-state index contributed by atoms with van der Waals surface area (Å²) in [5.74, 6) is 0.457. The molecule has 2 saturated heterocycles. The van der Waals surface area contributed by atoms with E-state index in [-0.39, 0.29) is 18.1 Å². The number of hydrogen-bond acceptors (Lipinski definition) is 5. The minimum absolute atomic E-state index is 0.0962. The Kier molecular flexibility index (Phi) is 4.53. The summed E-state index contributed by atoms with van der Waals surface area (Å²) >= 11 is 6.06. The second-order valence-corrected chi connectivity index (χ2v) is 8.07. The molecule has 1 saturated carbocycles. The molecule has 0 spiro atoms. The number of aromatic nitrogens is 3. The van der Waals surface area contributed by atoms with Crippen molar-refractivity contribution in [3.8, 4) is 0 Å². The van der Waals surface area contributed by atoms with Crippen LogP contribution in [0, 0.1) is 0 Å². The fraction of sp³-hybridized carbons (Fsp3) is 0.632. The summed E-state index contributed by atoms with van der Waals surface area (Å²) < 4.78 is 13.7. The molecule has 5 rings (SSSR count). The van der Waals surface area contributed by atoms with Gasteiger partial charge in [-0.2, -0.15) is 0 Å². The number of anilines is 1. The highest BCUT2D eigenvalue weighted by atomic mass is 35.5. The van der Waals surface area contributed by atoms with Gasteiger partial charge >= 0.3 is 0 Å². The average molecular weight is 391 g/mol. The average Bonchev–Trinajstić information content (AvgIpc) is 3.29. The SMILES string of the molecule is O=C(CCOC1C[C@@H]2CC[C@H]1O2)Nc1nc2ccc(Cl)nc2n1C1CCC1. The Morgan fingerprint density at radius 1 is 1.30 bits per heavy atom. The monoisotopic (exact) mass is 390 g/mol. The molecule has 8 heteroatoms. The zero-order valence-electron chi connectivity index (χ0n) is 15.1. The third-order valence-electron chi connectivity index (χ3n) is 5.91. The van der Waals surface area contributed by atoms with Crippen molar-refractivity contribution in [2.45, 2.75) is 69.3 Å². The number of carbonyl (C=O) groups is 1. The van der Waals surface area contributed by atoms with Gasteiger partial charge in [-0.25, -0.2) is 9.97 Å². The van der Waals surface area contributed by atoms with Crippen LogP contribution >= 0.6 is 11.6 Å². The Bertz CT molecular complexity index is 866. The van der Waals surface area contributed by atoms with Gasteiger partial charge in [0.2, 0.25) is 11.9 Å². The molecule has 3 atom stereocenters. The lowest BCUT2D eigenvalue weighted by Gasteiger charge is -2.28. The molecular formula is C19H23ClN4O3. The first-order valence-electron chi connectivity index (χ1n) is 9.79. The zero-order valence-corrected chi connectivity index (χ0v) is 15.8. The summed E-state index contributed by atoms with van der Waals surface area (Å²) in [6.07, 6.45) is 7.49. The molecular weight excluding hydrogens is 368 g/mol. The molecule has 27 heavy (non-hydrogen) atoms. The molecule has 3 fully saturated rings. The summed E-state index contributed by atoms with van der Waals surface area (Å²) in [5.41, 5.74) is 1.48. The van der Waals surface area contributed by atoms with Crippen molar-refractivity contribution in [1.82, 2.24) is 14.5 Å². The number of amides is 1. The van der Waals surface area contributed by atoms with Crippen molar-refractivity contribution in [1.29, 1.82) is 0 Å². The quantitative estimate of drug-likeness (QED) is 0.764. The predicted octanol–water partition coefficient (Wildman–Crippen LogP) is 3.47. The Hall–Kier alpha value is -1.70. The van der Waals surface area contributed by atoms with Gasteiger partial charge in [0.25, 0.3) is 0 Å². The first-order valence-corrected chi connectivity index (χ1v) is 10.2. The van der Waals surface area contributed by atoms with Gasteiger partial charge in [0.05, 0.1) is 31.3 Å². The predicted molar refractivity (Wildman–Crippen MR) is 101 cm³/mol. The molecule has 1 N–H and O–H groups in total. The summed E-state index contributed by atoms with van der Waals surface area (Å²) in [5, 5.41) is 3.38. The van der Waals surface area contributed by atoms with Crippen molar-refractivity contribution in [2.75, 3.05) is 11.9 Å². The molecule has 2 aromatic rings. The minimum Gasteiger partial charge on any atom is -0.375 e. The van der Waals surface area contributed by atoms with E-state index in [0.29, 0.717) is 36.3 Å². The summed E-state index contributed by atoms with van der Waals surface area (Å²) in [6.45, 7) is 0.400. The maximum atomic E-state index is 12.4. The van der Waals surface area contributed by atoms with E-state index < -0.39 is 0 Å². The van der Waals surface area contributed by atoms with E-state index >= 15 is 0 Å². The molecule has 1 amide bonds. The molecule has 2 bridgehead atoms. The van der Waals surface area contributed by atoms with Gasteiger partial charge in [0.1, 0.15) is 10.7 Å². The lowest BCUT2D eigenvalue weighted by molar-refractivity contribution is -0.118. The van der Waals surface area contributed by atoms with Gasteiger partial charge < -0.3 is 9.47 Å². The van der Waals surface area contributed by atoms with Crippen LogP contribution in [0.3, 0.4) is 0 Å². The summed E-state index contributed by atoms with van der Waals surface area (Å²) in [6, 6.07) is 3.88. The van der Waals surface area contributed by atoms with E-state index in [1.54, 1.807) is 6.07 Å². The molecule has 144 valence electrons. The van der Waals surface area contributed by atoms with Crippen LogP contribution in [0.4, 0.5) is 5.95 Å². The van der Waals surface area contributed by atoms with E-state index in [1.807, 2.05) is 10.6 Å². The topological polar surface area (TPSA) is 78.3 Å². The molecule has 0 radical (unpaired) electrons. The van der Waals surface area contributed by atoms with E-state index in [4.69, 9.17) is 21.1 Å². The number of pyridine rings is 1. The van der Waals surface area contributed by atoms with Gasteiger partial charge in [0, 0.05) is 12.5 Å². The number of nitrogens with zero attached hydrogens (tertiary/aromatic N) is 3. The number of fused-ring (bicyclic) bond motifs is 3. The Morgan fingerprint density at radius 3 is 2.89 bits per heavy atom. The standard InChI is InChI=1S/C19H23ClN4O3/c20-16-7-5-13-18(22-16)24(11-2-1-3-11)19(21-13)23-17(25)8-9-26-15-10-12-4-6-14(15)27-12/h5,7,11-12,14-15H,1-4,6,8-10H2,(H,21,23,25)/t12-,14+,15?/m0/s1. The second-order valence-electron chi connectivity index (χ2n) is 7.68. The molecule has 2 aromatic heterocycles. The third kappa shape index (κ3) is 3.32. The third-order valence-corrected chi connectivity index (χ3v) is 6.12. The molecule has 1 unspecified atom stereocenters.